The van der Waals surface area contributed by atoms with Gasteiger partial charge >= 0.3 is 0 Å². The molecule has 6 aromatic carbocycles. The number of halogens is 12. The fourth-order valence-corrected chi connectivity index (χ4v) is 25.3. The molecule has 0 saturated heterocycles. The van der Waals surface area contributed by atoms with Crippen LogP contribution in [0.3, 0.4) is 0 Å². The van der Waals surface area contributed by atoms with Gasteiger partial charge in [-0.1, -0.05) is 263 Å². The molecule has 0 bridgehead atoms. The predicted octanol–water partition coefficient (Wildman–Crippen LogP) is 40.1. The van der Waals surface area contributed by atoms with Gasteiger partial charge in [-0.2, -0.15) is 0 Å². The molecular formula is C112H176Cl4F8. The van der Waals surface area contributed by atoms with Crippen LogP contribution in [0.2, 0.25) is 20.1 Å². The number of rotatable bonds is 14. The summed E-state index contributed by atoms with van der Waals surface area (Å²) in [6.07, 6.45) is 55.7. The zero-order valence-electron chi connectivity index (χ0n) is 78.1. The molecule has 0 heterocycles. The first-order valence-corrected chi connectivity index (χ1v) is 51.5. The van der Waals surface area contributed by atoms with Crippen LogP contribution in [0.15, 0.2) is 72.8 Å². The predicted molar refractivity (Wildman–Crippen MR) is 530 cm³/mol. The van der Waals surface area contributed by atoms with Gasteiger partial charge in [0.05, 0.1) is 20.1 Å². The van der Waals surface area contributed by atoms with Crippen molar-refractivity contribution in [2.75, 3.05) is 0 Å². The highest BCUT2D eigenvalue weighted by molar-refractivity contribution is 6.32. The van der Waals surface area contributed by atoms with Crippen molar-refractivity contribution in [1.82, 2.24) is 0 Å². The molecule has 0 radical (unpaired) electrons. The molecule has 0 atom stereocenters. The molecule has 10 aliphatic carbocycles. The summed E-state index contributed by atoms with van der Waals surface area (Å²) in [5.74, 6) is 12.4. The van der Waals surface area contributed by atoms with Gasteiger partial charge in [-0.25, -0.2) is 35.1 Å². The van der Waals surface area contributed by atoms with Gasteiger partial charge < -0.3 is 0 Å². The van der Waals surface area contributed by atoms with Crippen LogP contribution in [-0.4, -0.2) is 0 Å². The van der Waals surface area contributed by atoms with Crippen molar-refractivity contribution >= 4 is 46.4 Å². The second-order valence-corrected chi connectivity index (χ2v) is 44.1. The van der Waals surface area contributed by atoms with Crippen LogP contribution in [0.25, 0.3) is 0 Å². The molecule has 0 amide bonds. The Balaban J connectivity index is 0.000000794. The van der Waals surface area contributed by atoms with Crippen molar-refractivity contribution < 1.29 is 49.4 Å². The zero-order chi connectivity index (χ0) is 89.0. The van der Waals surface area contributed by atoms with E-state index < -0.39 is 23.3 Å². The van der Waals surface area contributed by atoms with Crippen molar-refractivity contribution in [3.63, 3.8) is 0 Å². The average Bonchev–Trinajstić information content (AvgIpc) is 0.813. The third-order valence-electron chi connectivity index (χ3n) is 33.6. The molecule has 0 N–H and O–H groups in total. The Kier molecular flexibility index (Phi) is 39.6. The molecule has 10 aliphatic rings. The molecule has 12 heteroatoms. The van der Waals surface area contributed by atoms with Gasteiger partial charge in [-0.3, -0.25) is 0 Å². The summed E-state index contributed by atoms with van der Waals surface area (Å²) in [4.78, 5) is 0. The second kappa shape index (κ2) is 48.9. The van der Waals surface area contributed by atoms with Crippen LogP contribution < -0.4 is 0 Å². The summed E-state index contributed by atoms with van der Waals surface area (Å²) >= 11 is 24.7. The van der Waals surface area contributed by atoms with E-state index in [2.05, 4.69) is 41.5 Å². The first-order chi connectivity index (χ1) is 59.4. The summed E-state index contributed by atoms with van der Waals surface area (Å²) in [6, 6.07) is 22.5. The number of hydrogen-bond acceptors (Lipinski definition) is 0. The van der Waals surface area contributed by atoms with Crippen molar-refractivity contribution in [3.8, 4) is 0 Å². The first-order valence-electron chi connectivity index (χ1n) is 50.0. The van der Waals surface area contributed by atoms with Crippen LogP contribution in [-0.2, 0) is 12.8 Å². The molecule has 0 aromatic heterocycles. The maximum Gasteiger partial charge on any atom is 0.162 e. The van der Waals surface area contributed by atoms with E-state index in [4.69, 9.17) is 46.4 Å². The molecule has 16 rings (SSSR count). The molecule has 10 saturated carbocycles. The Labute approximate surface area is 781 Å². The lowest BCUT2D eigenvalue weighted by atomic mass is 9.68. The minimum Gasteiger partial charge on any atom is -0.205 e. The topological polar surface area (TPSA) is 0 Å². The van der Waals surface area contributed by atoms with E-state index >= 15 is 0 Å². The molecular weight excluding hydrogens is 1640 g/mol. The third kappa shape index (κ3) is 28.0. The van der Waals surface area contributed by atoms with Gasteiger partial charge in [-0.15, -0.1) is 0 Å². The molecule has 0 aliphatic heterocycles. The fraction of sp³-hybridized carbons (Fsp3) is 0.679. The highest BCUT2D eigenvalue weighted by Gasteiger charge is 2.37. The van der Waals surface area contributed by atoms with E-state index in [1.807, 2.05) is 62.4 Å². The summed E-state index contributed by atoms with van der Waals surface area (Å²) in [5.41, 5.74) is 8.64. The normalized spacial score (nSPS) is 30.4. The van der Waals surface area contributed by atoms with Gasteiger partial charge in [0.1, 0.15) is 23.3 Å². The molecule has 0 spiro atoms. The van der Waals surface area contributed by atoms with Gasteiger partial charge in [0.15, 0.2) is 23.3 Å². The highest BCUT2D eigenvalue weighted by atomic mass is 35.5. The SMILES string of the molecule is Cc1ccc(C2CCC(C3CCC(C)CC3)CC2)c(Cl)c1F.Cc1ccc(C2CCC(C3CCC(C)CC3)CC2)c(Cl)c1F.Cc1ccc(C2CCC(C3CCC(C)CC3)CC2)c(F)c1Cl.Cc1ccc(C2CCC(C3CCC(C)CC3)CC2)c(F)c1Cl.Cc1ccc(CCC2CCC(C)CC2)c(F)c1F.Cc1ccc(CCC2CCC(C)CC2)c(F)c1F.[HH].[HH].[HH].[HH].[HH].[HH].[HH].[HH].[HH].[HH]. The summed E-state index contributed by atoms with van der Waals surface area (Å²) in [7, 11) is 0. The molecule has 6 aromatic rings. The molecule has 0 unspecified atom stereocenters. The van der Waals surface area contributed by atoms with Crippen LogP contribution in [0.5, 0.6) is 0 Å². The molecule has 10 fully saturated rings. The summed E-state index contributed by atoms with van der Waals surface area (Å²) in [6.45, 7) is 24.7. The lowest BCUT2D eigenvalue weighted by Gasteiger charge is -2.37. The van der Waals surface area contributed by atoms with Crippen LogP contribution in [0.1, 0.15) is 416 Å². The minimum atomic E-state index is -0.676. The minimum absolute atomic E-state index is 0. The Morgan fingerprint density at radius 2 is 0.403 bits per heavy atom. The van der Waals surface area contributed by atoms with Crippen molar-refractivity contribution in [2.45, 2.75) is 389 Å². The van der Waals surface area contributed by atoms with E-state index in [-0.39, 0.29) is 37.5 Å². The van der Waals surface area contributed by atoms with Crippen LogP contribution >= 0.6 is 46.4 Å². The first kappa shape index (κ1) is 100. The van der Waals surface area contributed by atoms with E-state index in [0.29, 0.717) is 102 Å². The number of hydrogen-bond donors (Lipinski definition) is 0. The smallest absolute Gasteiger partial charge is 0.162 e. The zero-order valence-corrected chi connectivity index (χ0v) is 81.1. The lowest BCUT2D eigenvalue weighted by Crippen LogP contribution is -2.25. The van der Waals surface area contributed by atoms with Crippen molar-refractivity contribution in [3.05, 3.63) is 206 Å². The molecule has 708 valence electrons. The average molecular weight is 1820 g/mol. The maximum absolute atomic E-state index is 14.4. The van der Waals surface area contributed by atoms with Crippen LogP contribution in [0, 0.1) is 183 Å². The van der Waals surface area contributed by atoms with Gasteiger partial charge in [-0.05, 0) is 406 Å². The Hall–Kier alpha value is -4.08. The Bertz CT molecular complexity index is 3830. The van der Waals surface area contributed by atoms with Gasteiger partial charge in [0.2, 0.25) is 0 Å². The van der Waals surface area contributed by atoms with Crippen LogP contribution in [0.4, 0.5) is 35.1 Å². The highest BCUT2D eigenvalue weighted by Crippen LogP contribution is 2.51. The number of aryl methyl sites for hydroxylation is 8. The lowest BCUT2D eigenvalue weighted by molar-refractivity contribution is 0.164. The summed E-state index contributed by atoms with van der Waals surface area (Å²) in [5, 5.41) is 1.38. The third-order valence-corrected chi connectivity index (χ3v) is 35.3. The molecule has 0 nitrogen and oxygen atoms in total. The van der Waals surface area contributed by atoms with Crippen molar-refractivity contribution in [1.29, 1.82) is 0 Å². The Morgan fingerprint density at radius 1 is 0.210 bits per heavy atom. The summed E-state index contributed by atoms with van der Waals surface area (Å²) < 4.78 is 111. The number of benzene rings is 6. The second-order valence-electron chi connectivity index (χ2n) is 42.6. The van der Waals surface area contributed by atoms with E-state index in [0.717, 1.165) is 155 Å². The largest absolute Gasteiger partial charge is 0.205 e. The quantitative estimate of drug-likeness (QED) is 0.0954. The van der Waals surface area contributed by atoms with E-state index in [1.165, 1.54) is 231 Å². The van der Waals surface area contributed by atoms with Gasteiger partial charge in [0, 0.05) is 14.3 Å². The van der Waals surface area contributed by atoms with Crippen molar-refractivity contribution in [2.24, 2.45) is 94.7 Å². The fourth-order valence-electron chi connectivity index (χ4n) is 24.3. The maximum atomic E-state index is 14.4. The molecule has 124 heavy (non-hydrogen) atoms. The monoisotopic (exact) mass is 1810 g/mol. The standard InChI is InChI=1S/4C20H28ClF.2C16H22F2.10H2/c2*1-13-3-6-15(7-4-13)16-8-10-17(11-9-16)18-12-5-14(2)20(22)19(18)21;2*1-13-3-6-15(7-4-13)16-8-10-17(11-9-16)18-12-5-14(2)19(21)20(18)22;2*1-11-3-6-13(7-4-11)8-10-14-9-5-12(2)15(17)16(14)18;;;;;;;;;;/h4*5,12-13,15-17H,3-4,6-11H2,1-2H3;2*5,9,11,13H,3-4,6-8,10H2,1-2H3;10*1H. The van der Waals surface area contributed by atoms with E-state index in [1.54, 1.807) is 52.0 Å². The Morgan fingerprint density at radius 3 is 0.653 bits per heavy atom. The van der Waals surface area contributed by atoms with Gasteiger partial charge in [0.25, 0.3) is 0 Å². The van der Waals surface area contributed by atoms with E-state index in [9.17, 15) is 35.1 Å².